The number of benzene rings is 5. The second-order valence-corrected chi connectivity index (χ2v) is 7.79. The molecule has 0 fully saturated rings. The lowest BCUT2D eigenvalue weighted by Gasteiger charge is -2.09. The first-order chi connectivity index (χ1) is 14.9. The van der Waals surface area contributed by atoms with E-state index >= 15 is 0 Å². The van der Waals surface area contributed by atoms with Crippen molar-refractivity contribution in [1.29, 1.82) is 0 Å². The Bertz CT molecular complexity index is 1490. The van der Waals surface area contributed by atoms with E-state index < -0.39 is 0 Å². The molecule has 1 heterocycles. The maximum Gasteiger partial charge on any atom is 0.136 e. The maximum absolute atomic E-state index is 6.13. The van der Waals surface area contributed by atoms with Gasteiger partial charge in [-0.25, -0.2) is 0 Å². The summed E-state index contributed by atoms with van der Waals surface area (Å²) in [6, 6.07) is 38.6. The summed E-state index contributed by atoms with van der Waals surface area (Å²) < 4.78 is 6.13. The van der Waals surface area contributed by atoms with Crippen molar-refractivity contribution >= 4 is 32.7 Å². The first kappa shape index (κ1) is 17.1. The highest BCUT2D eigenvalue weighted by Gasteiger charge is 2.13. The van der Waals surface area contributed by atoms with Gasteiger partial charge in [0.05, 0.1) is 0 Å². The van der Waals surface area contributed by atoms with Crippen LogP contribution in [0.1, 0.15) is 11.1 Å². The number of rotatable bonds is 3. The van der Waals surface area contributed by atoms with Crippen LogP contribution in [0, 0.1) is 0 Å². The van der Waals surface area contributed by atoms with Gasteiger partial charge >= 0.3 is 0 Å². The Morgan fingerprint density at radius 3 is 2.13 bits per heavy atom. The monoisotopic (exact) mass is 384 g/mol. The minimum Gasteiger partial charge on any atom is -0.456 e. The third kappa shape index (κ3) is 2.79. The van der Waals surface area contributed by atoms with E-state index in [2.05, 4.69) is 97.1 Å². The molecule has 0 atom stereocenters. The maximum atomic E-state index is 6.13. The van der Waals surface area contributed by atoms with E-state index in [0.29, 0.717) is 0 Å². The fourth-order valence-corrected chi connectivity index (χ4v) is 4.48. The summed E-state index contributed by atoms with van der Waals surface area (Å²) in [5, 5.41) is 4.96. The minimum atomic E-state index is 0.894. The summed E-state index contributed by atoms with van der Waals surface area (Å²) in [5.74, 6) is 0. The van der Waals surface area contributed by atoms with Crippen LogP contribution in [0.4, 0.5) is 0 Å². The number of para-hydroxylation sites is 1. The lowest BCUT2D eigenvalue weighted by Crippen LogP contribution is -1.91. The van der Waals surface area contributed by atoms with Crippen LogP contribution in [0.2, 0.25) is 0 Å². The van der Waals surface area contributed by atoms with E-state index in [0.717, 1.165) is 17.6 Å². The molecule has 142 valence electrons. The zero-order valence-electron chi connectivity index (χ0n) is 16.5. The van der Waals surface area contributed by atoms with Crippen LogP contribution in [0.3, 0.4) is 0 Å². The van der Waals surface area contributed by atoms with Crippen molar-refractivity contribution in [3.8, 4) is 11.1 Å². The van der Waals surface area contributed by atoms with Gasteiger partial charge in [-0.1, -0.05) is 97.1 Å². The smallest absolute Gasteiger partial charge is 0.136 e. The molecular weight excluding hydrogens is 364 g/mol. The molecule has 6 rings (SSSR count). The Hall–Kier alpha value is -3.84. The molecule has 1 heteroatoms. The summed E-state index contributed by atoms with van der Waals surface area (Å²) in [6.07, 6.45) is 0.894. The van der Waals surface area contributed by atoms with Crippen LogP contribution >= 0.6 is 0 Å². The molecule has 0 N–H and O–H groups in total. The van der Waals surface area contributed by atoms with Gasteiger partial charge in [-0.15, -0.1) is 0 Å². The first-order valence-electron chi connectivity index (χ1n) is 10.3. The zero-order chi connectivity index (χ0) is 19.9. The van der Waals surface area contributed by atoms with E-state index in [9.17, 15) is 0 Å². The molecule has 30 heavy (non-hydrogen) atoms. The molecule has 6 aromatic rings. The van der Waals surface area contributed by atoms with Crippen molar-refractivity contribution in [2.45, 2.75) is 6.42 Å². The lowest BCUT2D eigenvalue weighted by atomic mass is 9.94. The van der Waals surface area contributed by atoms with Gasteiger partial charge in [0.25, 0.3) is 0 Å². The Morgan fingerprint density at radius 1 is 0.500 bits per heavy atom. The highest BCUT2D eigenvalue weighted by atomic mass is 16.3. The van der Waals surface area contributed by atoms with E-state index in [-0.39, 0.29) is 0 Å². The van der Waals surface area contributed by atoms with Crippen LogP contribution in [0.25, 0.3) is 43.8 Å². The van der Waals surface area contributed by atoms with Crippen molar-refractivity contribution in [2.75, 3.05) is 0 Å². The lowest BCUT2D eigenvalue weighted by molar-refractivity contribution is 0.669. The van der Waals surface area contributed by atoms with Gasteiger partial charge in [0, 0.05) is 10.8 Å². The zero-order valence-corrected chi connectivity index (χ0v) is 16.5. The van der Waals surface area contributed by atoms with Crippen LogP contribution in [-0.2, 0) is 6.42 Å². The van der Waals surface area contributed by atoms with Gasteiger partial charge in [0.1, 0.15) is 11.2 Å². The SMILES string of the molecule is c1ccc(-c2ccc(Cc3cccc4ccc5oc6ccccc6c5c34)cc2)cc1. The van der Waals surface area contributed by atoms with Gasteiger partial charge in [0.2, 0.25) is 0 Å². The second-order valence-electron chi connectivity index (χ2n) is 7.79. The van der Waals surface area contributed by atoms with Crippen LogP contribution in [-0.4, -0.2) is 0 Å². The number of furan rings is 1. The predicted octanol–water partition coefficient (Wildman–Crippen LogP) is 8.00. The highest BCUT2D eigenvalue weighted by Crippen LogP contribution is 2.36. The average molecular weight is 384 g/mol. The van der Waals surface area contributed by atoms with E-state index in [4.69, 9.17) is 4.42 Å². The van der Waals surface area contributed by atoms with Gasteiger partial charge in [-0.3, -0.25) is 0 Å². The summed E-state index contributed by atoms with van der Waals surface area (Å²) in [7, 11) is 0. The number of hydrogen-bond acceptors (Lipinski definition) is 1. The van der Waals surface area contributed by atoms with Crippen molar-refractivity contribution in [2.24, 2.45) is 0 Å². The molecule has 0 amide bonds. The molecule has 1 aromatic heterocycles. The van der Waals surface area contributed by atoms with Gasteiger partial charge < -0.3 is 4.42 Å². The van der Waals surface area contributed by atoms with Crippen LogP contribution < -0.4 is 0 Å². The second kappa shape index (κ2) is 6.89. The summed E-state index contributed by atoms with van der Waals surface area (Å²) in [4.78, 5) is 0. The van der Waals surface area contributed by atoms with E-state index in [1.807, 2.05) is 12.1 Å². The minimum absolute atomic E-state index is 0.894. The molecule has 0 radical (unpaired) electrons. The summed E-state index contributed by atoms with van der Waals surface area (Å²) in [5.41, 5.74) is 7.04. The summed E-state index contributed by atoms with van der Waals surface area (Å²) >= 11 is 0. The normalized spacial score (nSPS) is 11.5. The van der Waals surface area contributed by atoms with Gasteiger partial charge in [0.15, 0.2) is 0 Å². The molecule has 0 aliphatic heterocycles. The Labute approximate surface area is 175 Å². The molecule has 0 aliphatic rings. The molecular formula is C29H20O. The topological polar surface area (TPSA) is 13.1 Å². The Balaban J connectivity index is 1.48. The standard InChI is InChI=1S/C29H20O/c1-2-7-21(8-3-1)22-15-13-20(14-16-22)19-24-10-6-9-23-17-18-27-29(28(23)24)25-11-4-5-12-26(25)30-27/h1-18H,19H2. The van der Waals surface area contributed by atoms with Crippen LogP contribution in [0.15, 0.2) is 114 Å². The third-order valence-electron chi connectivity index (χ3n) is 5.93. The quantitative estimate of drug-likeness (QED) is 0.301. The molecule has 0 unspecified atom stereocenters. The van der Waals surface area contributed by atoms with Crippen molar-refractivity contribution in [1.82, 2.24) is 0 Å². The molecule has 1 nitrogen and oxygen atoms in total. The molecule has 0 saturated heterocycles. The summed E-state index contributed by atoms with van der Waals surface area (Å²) in [6.45, 7) is 0. The van der Waals surface area contributed by atoms with Crippen molar-refractivity contribution < 1.29 is 4.42 Å². The fraction of sp³-hybridized carbons (Fsp3) is 0.0345. The molecule has 0 bridgehead atoms. The number of fused-ring (bicyclic) bond motifs is 5. The molecule has 0 spiro atoms. The van der Waals surface area contributed by atoms with Gasteiger partial charge in [-0.05, 0) is 51.6 Å². The fourth-order valence-electron chi connectivity index (χ4n) is 4.48. The highest BCUT2D eigenvalue weighted by molar-refractivity contribution is 6.19. The van der Waals surface area contributed by atoms with E-state index in [1.54, 1.807) is 0 Å². The van der Waals surface area contributed by atoms with E-state index in [1.165, 1.54) is 43.8 Å². The number of hydrogen-bond donors (Lipinski definition) is 0. The molecule has 0 saturated carbocycles. The molecule has 5 aromatic carbocycles. The van der Waals surface area contributed by atoms with Crippen LogP contribution in [0.5, 0.6) is 0 Å². The molecule has 0 aliphatic carbocycles. The Morgan fingerprint density at radius 2 is 1.27 bits per heavy atom. The Kier molecular flexibility index (Phi) is 3.92. The van der Waals surface area contributed by atoms with Gasteiger partial charge in [-0.2, -0.15) is 0 Å². The first-order valence-corrected chi connectivity index (χ1v) is 10.3. The largest absolute Gasteiger partial charge is 0.456 e. The predicted molar refractivity (Wildman–Crippen MR) is 126 cm³/mol. The average Bonchev–Trinajstić information content (AvgIpc) is 3.19. The van der Waals surface area contributed by atoms with Crippen molar-refractivity contribution in [3.63, 3.8) is 0 Å². The van der Waals surface area contributed by atoms with Crippen molar-refractivity contribution in [3.05, 3.63) is 120 Å². The third-order valence-corrected chi connectivity index (χ3v) is 5.93.